The van der Waals surface area contributed by atoms with Crippen molar-refractivity contribution in [2.24, 2.45) is 0 Å². The second-order valence-electron chi connectivity index (χ2n) is 4.53. The Labute approximate surface area is 128 Å². The summed E-state index contributed by atoms with van der Waals surface area (Å²) in [6.45, 7) is 3.27. The summed E-state index contributed by atoms with van der Waals surface area (Å²) in [5, 5.41) is 2.66. The molecule has 0 saturated carbocycles. The zero-order valence-electron chi connectivity index (χ0n) is 11.4. The third kappa shape index (κ3) is 4.09. The van der Waals surface area contributed by atoms with Crippen LogP contribution in [0.1, 0.15) is 13.8 Å². The predicted molar refractivity (Wildman–Crippen MR) is 79.6 cm³/mol. The largest absolute Gasteiger partial charge is 0.353 e. The van der Waals surface area contributed by atoms with E-state index < -0.39 is 15.9 Å². The van der Waals surface area contributed by atoms with Gasteiger partial charge in [0.05, 0.1) is 16.6 Å². The zero-order valence-corrected chi connectivity index (χ0v) is 13.7. The van der Waals surface area contributed by atoms with Gasteiger partial charge < -0.3 is 5.32 Å². The molecule has 112 valence electrons. The minimum atomic E-state index is -3.92. The number of nitrogens with zero attached hydrogens (tertiary/aromatic N) is 1. The zero-order chi connectivity index (χ0) is 15.5. The number of halogens is 2. The molecule has 0 aliphatic rings. The summed E-state index contributed by atoms with van der Waals surface area (Å²) >= 11 is 11.8. The van der Waals surface area contributed by atoms with Crippen LogP contribution in [0.5, 0.6) is 0 Å². The third-order valence-electron chi connectivity index (χ3n) is 2.40. The van der Waals surface area contributed by atoms with Crippen LogP contribution in [0.25, 0.3) is 0 Å². The molecule has 0 saturated heterocycles. The standard InChI is InChI=1S/C12H16Cl2N2O3S/c1-8(2)15-11(17)7-16(3)20(18,19)12-9(13)5-4-6-10(12)14/h4-6,8H,7H2,1-3H3,(H,15,17). The Kier molecular flexibility index (Phi) is 5.82. The van der Waals surface area contributed by atoms with Crippen molar-refractivity contribution in [1.29, 1.82) is 0 Å². The van der Waals surface area contributed by atoms with Gasteiger partial charge >= 0.3 is 0 Å². The van der Waals surface area contributed by atoms with E-state index in [9.17, 15) is 13.2 Å². The molecule has 0 bridgehead atoms. The normalized spacial score (nSPS) is 11.9. The molecule has 0 spiro atoms. The van der Waals surface area contributed by atoms with Gasteiger partial charge in [0.15, 0.2) is 0 Å². The summed E-state index contributed by atoms with van der Waals surface area (Å²) in [5.41, 5.74) is 0. The van der Waals surface area contributed by atoms with Gasteiger partial charge in [0, 0.05) is 13.1 Å². The number of hydrogen-bond donors (Lipinski definition) is 1. The molecule has 5 nitrogen and oxygen atoms in total. The molecule has 0 radical (unpaired) electrons. The lowest BCUT2D eigenvalue weighted by molar-refractivity contribution is -0.121. The van der Waals surface area contributed by atoms with Gasteiger partial charge in [0.25, 0.3) is 0 Å². The number of hydrogen-bond acceptors (Lipinski definition) is 3. The first-order chi connectivity index (χ1) is 9.16. The summed E-state index contributed by atoms with van der Waals surface area (Å²) in [5.74, 6) is -0.394. The minimum Gasteiger partial charge on any atom is -0.353 e. The molecule has 0 unspecified atom stereocenters. The lowest BCUT2D eigenvalue weighted by atomic mass is 10.4. The first kappa shape index (κ1) is 17.2. The van der Waals surface area contributed by atoms with E-state index in [0.717, 1.165) is 4.31 Å². The van der Waals surface area contributed by atoms with Crippen LogP contribution in [-0.4, -0.2) is 38.3 Å². The Balaban J connectivity index is 3.02. The number of sulfonamides is 1. The van der Waals surface area contributed by atoms with Crippen LogP contribution in [0.4, 0.5) is 0 Å². The number of benzene rings is 1. The van der Waals surface area contributed by atoms with E-state index in [2.05, 4.69) is 5.32 Å². The van der Waals surface area contributed by atoms with Gasteiger partial charge in [0.2, 0.25) is 15.9 Å². The van der Waals surface area contributed by atoms with E-state index >= 15 is 0 Å². The highest BCUT2D eigenvalue weighted by Crippen LogP contribution is 2.30. The Morgan fingerprint density at radius 3 is 2.25 bits per heavy atom. The number of nitrogens with one attached hydrogen (secondary N) is 1. The van der Waals surface area contributed by atoms with Crippen molar-refractivity contribution in [1.82, 2.24) is 9.62 Å². The van der Waals surface area contributed by atoms with Crippen molar-refractivity contribution in [3.05, 3.63) is 28.2 Å². The lowest BCUT2D eigenvalue weighted by Gasteiger charge is -2.19. The van der Waals surface area contributed by atoms with E-state index in [1.165, 1.54) is 19.2 Å². The number of carbonyl (C=O) groups is 1. The van der Waals surface area contributed by atoms with Gasteiger partial charge in [-0.05, 0) is 26.0 Å². The van der Waals surface area contributed by atoms with Crippen LogP contribution in [0, 0.1) is 0 Å². The number of likely N-dealkylation sites (N-methyl/N-ethyl adjacent to an activating group) is 1. The van der Waals surface area contributed by atoms with Crippen LogP contribution >= 0.6 is 23.2 Å². The van der Waals surface area contributed by atoms with Crippen molar-refractivity contribution < 1.29 is 13.2 Å². The van der Waals surface area contributed by atoms with Gasteiger partial charge in [-0.25, -0.2) is 8.42 Å². The summed E-state index contributed by atoms with van der Waals surface area (Å²) in [4.78, 5) is 11.4. The average Bonchev–Trinajstić information content (AvgIpc) is 2.26. The molecule has 1 aromatic rings. The molecule has 0 aliphatic heterocycles. The van der Waals surface area contributed by atoms with Crippen LogP contribution in [-0.2, 0) is 14.8 Å². The van der Waals surface area contributed by atoms with E-state index in [-0.39, 0.29) is 27.5 Å². The molecule has 0 aliphatic carbocycles. The highest BCUT2D eigenvalue weighted by molar-refractivity contribution is 7.89. The van der Waals surface area contributed by atoms with E-state index in [0.29, 0.717) is 0 Å². The fourth-order valence-corrected chi connectivity index (χ4v) is 3.75. The van der Waals surface area contributed by atoms with Crippen LogP contribution in [0.15, 0.2) is 23.1 Å². The molecule has 0 fully saturated rings. The fraction of sp³-hybridized carbons (Fsp3) is 0.417. The SMILES string of the molecule is CC(C)NC(=O)CN(C)S(=O)(=O)c1c(Cl)cccc1Cl. The monoisotopic (exact) mass is 338 g/mol. The van der Waals surface area contributed by atoms with Gasteiger partial charge in [-0.1, -0.05) is 29.3 Å². The first-order valence-electron chi connectivity index (χ1n) is 5.86. The molecule has 1 aromatic carbocycles. The van der Waals surface area contributed by atoms with Gasteiger partial charge in [-0.2, -0.15) is 4.31 Å². The van der Waals surface area contributed by atoms with Crippen LogP contribution < -0.4 is 5.32 Å². The summed E-state index contributed by atoms with van der Waals surface area (Å²) < 4.78 is 25.7. The van der Waals surface area contributed by atoms with Crippen molar-refractivity contribution in [2.75, 3.05) is 13.6 Å². The Morgan fingerprint density at radius 2 is 1.80 bits per heavy atom. The maximum atomic E-state index is 12.4. The van der Waals surface area contributed by atoms with Crippen LogP contribution in [0.2, 0.25) is 10.0 Å². The first-order valence-corrected chi connectivity index (χ1v) is 8.05. The van der Waals surface area contributed by atoms with Gasteiger partial charge in [-0.15, -0.1) is 0 Å². The van der Waals surface area contributed by atoms with Crippen molar-refractivity contribution in [3.8, 4) is 0 Å². The topological polar surface area (TPSA) is 66.5 Å². The minimum absolute atomic E-state index is 0.0219. The molecule has 0 atom stereocenters. The average molecular weight is 339 g/mol. The number of amides is 1. The Bertz CT molecular complexity index is 582. The number of carbonyl (C=O) groups excluding carboxylic acids is 1. The molecule has 1 rings (SSSR count). The maximum absolute atomic E-state index is 12.4. The molecule has 1 N–H and O–H groups in total. The van der Waals surface area contributed by atoms with Gasteiger partial charge in [0.1, 0.15) is 4.90 Å². The van der Waals surface area contributed by atoms with Crippen molar-refractivity contribution in [2.45, 2.75) is 24.8 Å². The predicted octanol–water partition coefficient (Wildman–Crippen LogP) is 2.14. The molecule has 0 heterocycles. The van der Waals surface area contributed by atoms with Crippen LogP contribution in [0.3, 0.4) is 0 Å². The lowest BCUT2D eigenvalue weighted by Crippen LogP contribution is -2.40. The molecular weight excluding hydrogens is 323 g/mol. The highest BCUT2D eigenvalue weighted by atomic mass is 35.5. The van der Waals surface area contributed by atoms with Crippen molar-refractivity contribution >= 4 is 39.1 Å². The molecule has 1 amide bonds. The van der Waals surface area contributed by atoms with E-state index in [4.69, 9.17) is 23.2 Å². The third-order valence-corrected chi connectivity index (χ3v) is 5.16. The Morgan fingerprint density at radius 1 is 1.30 bits per heavy atom. The molecule has 0 aromatic heterocycles. The smallest absolute Gasteiger partial charge is 0.246 e. The Hall–Kier alpha value is -0.820. The second-order valence-corrected chi connectivity index (χ2v) is 7.33. The second kappa shape index (κ2) is 6.76. The van der Waals surface area contributed by atoms with Crippen molar-refractivity contribution in [3.63, 3.8) is 0 Å². The molecular formula is C12H16Cl2N2O3S. The number of rotatable bonds is 5. The highest BCUT2D eigenvalue weighted by Gasteiger charge is 2.27. The van der Waals surface area contributed by atoms with Gasteiger partial charge in [-0.3, -0.25) is 4.79 Å². The maximum Gasteiger partial charge on any atom is 0.246 e. The van der Waals surface area contributed by atoms with E-state index in [1.54, 1.807) is 19.9 Å². The quantitative estimate of drug-likeness (QED) is 0.894. The summed E-state index contributed by atoms with van der Waals surface area (Å²) in [6, 6.07) is 4.35. The molecule has 8 heteroatoms. The fourth-order valence-electron chi connectivity index (χ4n) is 1.54. The summed E-state index contributed by atoms with van der Waals surface area (Å²) in [7, 11) is -2.62. The van der Waals surface area contributed by atoms with E-state index in [1.807, 2.05) is 0 Å². The molecule has 20 heavy (non-hydrogen) atoms. The summed E-state index contributed by atoms with van der Waals surface area (Å²) in [6.07, 6.45) is 0.